The van der Waals surface area contributed by atoms with E-state index in [2.05, 4.69) is 0 Å². The summed E-state index contributed by atoms with van der Waals surface area (Å²) in [7, 11) is 0. The van der Waals surface area contributed by atoms with Gasteiger partial charge in [0.05, 0.1) is 11.7 Å². The van der Waals surface area contributed by atoms with Crippen LogP contribution in [-0.4, -0.2) is 16.2 Å². The number of hydrogen-bond donors (Lipinski definition) is 2. The first-order valence-electron chi connectivity index (χ1n) is 5.07. The molecule has 0 amide bonds. The molecule has 0 fully saturated rings. The van der Waals surface area contributed by atoms with Crippen molar-refractivity contribution in [3.8, 4) is 0 Å². The molecule has 0 radical (unpaired) electrons. The van der Waals surface area contributed by atoms with Gasteiger partial charge in [0.25, 0.3) is 0 Å². The second-order valence-corrected chi connectivity index (χ2v) is 4.22. The van der Waals surface area contributed by atoms with Gasteiger partial charge in [0.15, 0.2) is 0 Å². The zero-order valence-corrected chi connectivity index (χ0v) is 8.82. The predicted molar refractivity (Wildman–Crippen MR) is 56.1 cm³/mol. The highest BCUT2D eigenvalue weighted by Crippen LogP contribution is 2.42. The van der Waals surface area contributed by atoms with Crippen LogP contribution in [0, 0.1) is 6.92 Å². The molecule has 0 aliphatic heterocycles. The van der Waals surface area contributed by atoms with E-state index in [4.69, 9.17) is 5.11 Å². The molecule has 0 unspecified atom stereocenters. The minimum absolute atomic E-state index is 0.244. The molecular formula is C12H14O3. The van der Waals surface area contributed by atoms with Crippen LogP contribution in [0.25, 0.3) is 0 Å². The molecule has 1 aliphatic carbocycles. The van der Waals surface area contributed by atoms with E-state index in [1.165, 1.54) is 0 Å². The molecule has 0 aromatic heterocycles. The van der Waals surface area contributed by atoms with Gasteiger partial charge in [-0.2, -0.15) is 0 Å². The van der Waals surface area contributed by atoms with E-state index in [-0.39, 0.29) is 11.5 Å². The molecule has 0 bridgehead atoms. The van der Waals surface area contributed by atoms with Crippen molar-refractivity contribution in [2.75, 3.05) is 0 Å². The van der Waals surface area contributed by atoms with E-state index >= 15 is 0 Å². The fourth-order valence-electron chi connectivity index (χ4n) is 2.40. The van der Waals surface area contributed by atoms with Gasteiger partial charge in [0.1, 0.15) is 0 Å². The Balaban J connectivity index is 2.70. The summed E-state index contributed by atoms with van der Waals surface area (Å²) in [6.45, 7) is 3.77. The third kappa shape index (κ3) is 1.43. The average molecular weight is 206 g/mol. The van der Waals surface area contributed by atoms with Crippen molar-refractivity contribution in [3.05, 3.63) is 34.4 Å². The van der Waals surface area contributed by atoms with Gasteiger partial charge in [0, 0.05) is 0 Å². The number of aliphatic hydroxyl groups excluding tert-OH is 1. The highest BCUT2D eigenvalue weighted by Gasteiger charge is 2.31. The third-order valence-electron chi connectivity index (χ3n) is 3.14. The fourth-order valence-corrected chi connectivity index (χ4v) is 2.40. The van der Waals surface area contributed by atoms with Crippen LogP contribution in [0.4, 0.5) is 0 Å². The Morgan fingerprint density at radius 3 is 2.73 bits per heavy atom. The summed E-state index contributed by atoms with van der Waals surface area (Å²) in [4.78, 5) is 11.1. The lowest BCUT2D eigenvalue weighted by Gasteiger charge is -2.11. The van der Waals surface area contributed by atoms with Gasteiger partial charge in [-0.3, -0.25) is 0 Å². The van der Waals surface area contributed by atoms with E-state index < -0.39 is 12.1 Å². The molecule has 2 rings (SSSR count). The van der Waals surface area contributed by atoms with E-state index in [1.807, 2.05) is 19.1 Å². The molecule has 2 N–H and O–H groups in total. The second-order valence-electron chi connectivity index (χ2n) is 4.22. The number of aromatic carboxylic acids is 1. The normalized spacial score (nSPS) is 23.9. The molecule has 2 atom stereocenters. The molecule has 1 aromatic rings. The highest BCUT2D eigenvalue weighted by molar-refractivity contribution is 5.92. The molecule has 15 heavy (non-hydrogen) atoms. The fraction of sp³-hybridized carbons (Fsp3) is 0.417. The van der Waals surface area contributed by atoms with Crippen LogP contribution in [0.5, 0.6) is 0 Å². The Hall–Kier alpha value is -1.35. The lowest BCUT2D eigenvalue weighted by atomic mass is 9.95. The summed E-state index contributed by atoms with van der Waals surface area (Å²) in [6.07, 6.45) is -0.000000000000000444. The summed E-state index contributed by atoms with van der Waals surface area (Å²) >= 11 is 0. The van der Waals surface area contributed by atoms with Crippen molar-refractivity contribution >= 4 is 5.97 Å². The summed E-state index contributed by atoms with van der Waals surface area (Å²) in [5.41, 5.74) is 2.60. The zero-order chi connectivity index (χ0) is 11.2. The van der Waals surface area contributed by atoms with Gasteiger partial charge in [-0.1, -0.05) is 19.1 Å². The molecule has 0 heterocycles. The SMILES string of the molecule is Cc1ccc2c(c1C(=O)O)[C@@H](O)C[C@H]2C. The first-order chi connectivity index (χ1) is 7.02. The van der Waals surface area contributed by atoms with Crippen LogP contribution in [0.2, 0.25) is 0 Å². The molecule has 80 valence electrons. The number of carboxylic acids is 1. The number of carboxylic acid groups (broad SMARTS) is 1. The quantitative estimate of drug-likeness (QED) is 0.740. The first kappa shape index (κ1) is 10.2. The maximum absolute atomic E-state index is 11.1. The predicted octanol–water partition coefficient (Wildman–Crippen LogP) is 2.23. The van der Waals surface area contributed by atoms with Gasteiger partial charge in [-0.25, -0.2) is 4.79 Å². The van der Waals surface area contributed by atoms with Gasteiger partial charge < -0.3 is 10.2 Å². The zero-order valence-electron chi connectivity index (χ0n) is 8.82. The van der Waals surface area contributed by atoms with Crippen molar-refractivity contribution in [2.45, 2.75) is 32.3 Å². The summed E-state index contributed by atoms with van der Waals surface area (Å²) in [5, 5.41) is 19.0. The number of aryl methyl sites for hydroxylation is 1. The Kier molecular flexibility index (Phi) is 2.27. The summed E-state index contributed by atoms with van der Waals surface area (Å²) < 4.78 is 0. The van der Waals surface area contributed by atoms with Crippen LogP contribution < -0.4 is 0 Å². The Morgan fingerprint density at radius 2 is 2.13 bits per heavy atom. The third-order valence-corrected chi connectivity index (χ3v) is 3.14. The van der Waals surface area contributed by atoms with Gasteiger partial charge in [-0.15, -0.1) is 0 Å². The van der Waals surface area contributed by atoms with Crippen molar-refractivity contribution in [2.24, 2.45) is 0 Å². The second kappa shape index (κ2) is 3.35. The molecule has 1 aliphatic rings. The highest BCUT2D eigenvalue weighted by atomic mass is 16.4. The molecule has 0 saturated heterocycles. The van der Waals surface area contributed by atoms with E-state index in [1.54, 1.807) is 6.92 Å². The lowest BCUT2D eigenvalue weighted by molar-refractivity contribution is 0.0688. The van der Waals surface area contributed by atoms with Crippen LogP contribution in [-0.2, 0) is 0 Å². The van der Waals surface area contributed by atoms with Gasteiger partial charge >= 0.3 is 5.97 Å². The maximum atomic E-state index is 11.1. The number of aliphatic hydroxyl groups is 1. The molecule has 3 nitrogen and oxygen atoms in total. The molecule has 0 saturated carbocycles. The van der Waals surface area contributed by atoms with Crippen molar-refractivity contribution in [3.63, 3.8) is 0 Å². The number of benzene rings is 1. The van der Waals surface area contributed by atoms with E-state index in [0.29, 0.717) is 12.0 Å². The smallest absolute Gasteiger partial charge is 0.336 e. The van der Waals surface area contributed by atoms with E-state index in [0.717, 1.165) is 11.1 Å². The Bertz CT molecular complexity index is 423. The first-order valence-corrected chi connectivity index (χ1v) is 5.07. The number of carbonyl (C=O) groups is 1. The Labute approximate surface area is 88.4 Å². The molecule has 1 aromatic carbocycles. The lowest BCUT2D eigenvalue weighted by Crippen LogP contribution is -2.07. The Morgan fingerprint density at radius 1 is 1.47 bits per heavy atom. The molecule has 0 spiro atoms. The van der Waals surface area contributed by atoms with Crippen molar-refractivity contribution in [1.29, 1.82) is 0 Å². The van der Waals surface area contributed by atoms with Crippen LogP contribution >= 0.6 is 0 Å². The standard InChI is InChI=1S/C12H14O3/c1-6-3-4-8-7(2)5-9(13)11(8)10(6)12(14)15/h3-4,7,9,13H,5H2,1-2H3,(H,14,15)/t7-,9+/m1/s1. The number of hydrogen-bond acceptors (Lipinski definition) is 2. The number of rotatable bonds is 1. The van der Waals surface area contributed by atoms with Crippen LogP contribution in [0.1, 0.15) is 52.4 Å². The summed E-state index contributed by atoms with van der Waals surface area (Å²) in [5.74, 6) is -0.703. The minimum Gasteiger partial charge on any atom is -0.478 e. The van der Waals surface area contributed by atoms with Gasteiger partial charge in [-0.05, 0) is 36.0 Å². The van der Waals surface area contributed by atoms with Crippen molar-refractivity contribution < 1.29 is 15.0 Å². The monoisotopic (exact) mass is 206 g/mol. The largest absolute Gasteiger partial charge is 0.478 e. The molecule has 3 heteroatoms. The summed E-state index contributed by atoms with van der Waals surface area (Å²) in [6, 6.07) is 3.74. The molecular weight excluding hydrogens is 192 g/mol. The minimum atomic E-state index is -0.947. The van der Waals surface area contributed by atoms with Gasteiger partial charge in [0.2, 0.25) is 0 Å². The topological polar surface area (TPSA) is 57.5 Å². The van der Waals surface area contributed by atoms with E-state index in [9.17, 15) is 9.90 Å². The van der Waals surface area contributed by atoms with Crippen molar-refractivity contribution in [1.82, 2.24) is 0 Å². The van der Waals surface area contributed by atoms with Crippen LogP contribution in [0.3, 0.4) is 0 Å². The average Bonchev–Trinajstić information content (AvgIpc) is 2.41. The number of fused-ring (bicyclic) bond motifs is 1. The maximum Gasteiger partial charge on any atom is 0.336 e. The van der Waals surface area contributed by atoms with Crippen LogP contribution in [0.15, 0.2) is 12.1 Å².